The van der Waals surface area contributed by atoms with E-state index < -0.39 is 14.0 Å². The maximum absolute atomic E-state index is 10.9. The number of primary amides is 1. The van der Waals surface area contributed by atoms with Crippen LogP contribution in [-0.4, -0.2) is 19.1 Å². The van der Waals surface area contributed by atoms with Crippen molar-refractivity contribution in [3.63, 3.8) is 0 Å². The van der Waals surface area contributed by atoms with E-state index in [-0.39, 0.29) is 5.69 Å². The Balaban J connectivity index is 1.92. The molecule has 6 heteroatoms. The van der Waals surface area contributed by atoms with Gasteiger partial charge in [-0.2, -0.15) is 0 Å². The van der Waals surface area contributed by atoms with Gasteiger partial charge in [0.2, 0.25) is 0 Å². The van der Waals surface area contributed by atoms with E-state index in [9.17, 15) is 4.79 Å². The molecule has 5 nitrogen and oxygen atoms in total. The summed E-state index contributed by atoms with van der Waals surface area (Å²) in [4.78, 5) is 10.9. The first-order valence-electron chi connectivity index (χ1n) is 6.92. The van der Waals surface area contributed by atoms with Crippen molar-refractivity contribution in [1.82, 2.24) is 10.5 Å². The number of rotatable bonds is 6. The van der Waals surface area contributed by atoms with Gasteiger partial charge in [-0.15, -0.1) is 0 Å². The molecule has 1 aromatic heterocycles. The van der Waals surface area contributed by atoms with Gasteiger partial charge >= 0.3 is 0 Å². The maximum Gasteiger partial charge on any atom is 0.270 e. The van der Waals surface area contributed by atoms with Crippen molar-refractivity contribution in [1.29, 1.82) is 0 Å². The van der Waals surface area contributed by atoms with Gasteiger partial charge in [0.15, 0.2) is 11.5 Å². The summed E-state index contributed by atoms with van der Waals surface area (Å²) >= 11 is 0. The third-order valence-corrected chi connectivity index (χ3v) is 5.28. The second-order valence-electron chi connectivity index (χ2n) is 6.10. The lowest BCUT2D eigenvalue weighted by atomic mass is 10.2. The van der Waals surface area contributed by atoms with Crippen LogP contribution in [0.1, 0.15) is 21.8 Å². The Hall–Kier alpha value is -1.92. The molecule has 2 rings (SSSR count). The van der Waals surface area contributed by atoms with Crippen LogP contribution < -0.4 is 16.2 Å². The molecule has 0 atom stereocenters. The maximum atomic E-state index is 10.9. The first-order valence-corrected chi connectivity index (χ1v) is 10.4. The molecule has 0 spiro atoms. The standard InChI is InChI=1S/C15H21N3O2Si/c1-21(2,3)13-6-4-5-11(7-13)9-17-10-12-8-14(15(16)19)18-20-12/h4-8,17H,9-10H2,1-3H3,(H2,16,19). The van der Waals surface area contributed by atoms with Crippen LogP contribution in [0.5, 0.6) is 0 Å². The molecule has 0 aliphatic carbocycles. The summed E-state index contributed by atoms with van der Waals surface area (Å²) < 4.78 is 5.04. The Morgan fingerprint density at radius 3 is 2.67 bits per heavy atom. The van der Waals surface area contributed by atoms with Crippen molar-refractivity contribution < 1.29 is 9.32 Å². The summed E-state index contributed by atoms with van der Waals surface area (Å²) in [5.41, 5.74) is 6.53. The van der Waals surface area contributed by atoms with Crippen LogP contribution in [0.25, 0.3) is 0 Å². The lowest BCUT2D eigenvalue weighted by molar-refractivity contribution is 0.0991. The van der Waals surface area contributed by atoms with Crippen LogP contribution in [0, 0.1) is 0 Å². The van der Waals surface area contributed by atoms with Crippen LogP contribution in [0.4, 0.5) is 0 Å². The average Bonchev–Trinajstić information content (AvgIpc) is 2.87. The minimum absolute atomic E-state index is 0.160. The van der Waals surface area contributed by atoms with Crippen LogP contribution in [0.15, 0.2) is 34.9 Å². The quantitative estimate of drug-likeness (QED) is 0.794. The minimum atomic E-state index is -1.28. The van der Waals surface area contributed by atoms with Crippen LogP contribution in [0.3, 0.4) is 0 Å². The first-order chi connectivity index (χ1) is 9.86. The van der Waals surface area contributed by atoms with E-state index >= 15 is 0 Å². The van der Waals surface area contributed by atoms with Crippen LogP contribution in [0.2, 0.25) is 19.6 Å². The van der Waals surface area contributed by atoms with E-state index in [2.05, 4.69) is 54.4 Å². The molecule has 21 heavy (non-hydrogen) atoms. The first kappa shape index (κ1) is 15.5. The van der Waals surface area contributed by atoms with Gasteiger partial charge in [-0.25, -0.2) is 0 Å². The smallest absolute Gasteiger partial charge is 0.270 e. The van der Waals surface area contributed by atoms with E-state index in [4.69, 9.17) is 10.3 Å². The highest BCUT2D eigenvalue weighted by Gasteiger charge is 2.16. The Labute approximate surface area is 125 Å². The monoisotopic (exact) mass is 303 g/mol. The molecule has 0 fully saturated rings. The molecule has 0 aliphatic heterocycles. The van der Waals surface area contributed by atoms with Crippen LogP contribution in [-0.2, 0) is 13.1 Å². The number of carbonyl (C=O) groups is 1. The number of benzene rings is 1. The number of nitrogens with two attached hydrogens (primary N) is 1. The number of carbonyl (C=O) groups excluding carboxylic acids is 1. The molecule has 0 aliphatic rings. The third kappa shape index (κ3) is 4.27. The number of nitrogens with zero attached hydrogens (tertiary/aromatic N) is 1. The third-order valence-electron chi connectivity index (χ3n) is 3.23. The van der Waals surface area contributed by atoms with Crippen molar-refractivity contribution >= 4 is 19.2 Å². The second kappa shape index (κ2) is 6.24. The van der Waals surface area contributed by atoms with Gasteiger partial charge < -0.3 is 15.6 Å². The highest BCUT2D eigenvalue weighted by Crippen LogP contribution is 2.06. The van der Waals surface area contributed by atoms with Gasteiger partial charge in [-0.1, -0.05) is 54.2 Å². The van der Waals surface area contributed by atoms with E-state index in [0.29, 0.717) is 12.3 Å². The fourth-order valence-corrected chi connectivity index (χ4v) is 3.20. The van der Waals surface area contributed by atoms with Crippen molar-refractivity contribution in [2.75, 3.05) is 0 Å². The zero-order chi connectivity index (χ0) is 15.5. The lowest BCUT2D eigenvalue weighted by Crippen LogP contribution is -2.37. The number of nitrogens with one attached hydrogen (secondary N) is 1. The van der Waals surface area contributed by atoms with Crippen LogP contribution >= 0.6 is 0 Å². The number of aromatic nitrogens is 1. The van der Waals surface area contributed by atoms with Crippen molar-refractivity contribution in [2.24, 2.45) is 5.73 Å². The summed E-state index contributed by atoms with van der Waals surface area (Å²) in [5, 5.41) is 8.32. The second-order valence-corrected chi connectivity index (χ2v) is 11.2. The molecular formula is C15H21N3O2Si. The molecule has 0 saturated heterocycles. The SMILES string of the molecule is C[Si](C)(C)c1cccc(CNCc2cc(C(N)=O)no2)c1. The Bertz CT molecular complexity index is 632. The van der Waals surface area contributed by atoms with E-state index in [1.807, 2.05) is 0 Å². The molecular weight excluding hydrogens is 282 g/mol. The Morgan fingerprint density at radius 2 is 2.05 bits per heavy atom. The van der Waals surface area contributed by atoms with Gasteiger partial charge in [-0.05, 0) is 5.56 Å². The van der Waals surface area contributed by atoms with Gasteiger partial charge in [0, 0.05) is 12.6 Å². The molecule has 0 unspecified atom stereocenters. The fraction of sp³-hybridized carbons (Fsp3) is 0.333. The number of hydrogen-bond donors (Lipinski definition) is 2. The molecule has 112 valence electrons. The number of hydrogen-bond acceptors (Lipinski definition) is 4. The summed E-state index contributed by atoms with van der Waals surface area (Å²) in [6.45, 7) is 8.25. The van der Waals surface area contributed by atoms with Gasteiger partial charge in [0.05, 0.1) is 14.6 Å². The fourth-order valence-electron chi connectivity index (χ4n) is 1.99. The van der Waals surface area contributed by atoms with E-state index in [1.54, 1.807) is 6.07 Å². The minimum Gasteiger partial charge on any atom is -0.364 e. The van der Waals surface area contributed by atoms with E-state index in [0.717, 1.165) is 6.54 Å². The zero-order valence-corrected chi connectivity index (χ0v) is 13.6. The molecule has 0 bridgehead atoms. The summed E-state index contributed by atoms with van der Waals surface area (Å²) in [6, 6.07) is 10.2. The average molecular weight is 303 g/mol. The lowest BCUT2D eigenvalue weighted by Gasteiger charge is -2.17. The Morgan fingerprint density at radius 1 is 1.29 bits per heavy atom. The molecule has 2 aromatic rings. The molecule has 0 radical (unpaired) electrons. The molecule has 3 N–H and O–H groups in total. The topological polar surface area (TPSA) is 81.1 Å². The predicted molar refractivity (Wildman–Crippen MR) is 85.0 cm³/mol. The van der Waals surface area contributed by atoms with Gasteiger partial charge in [-0.3, -0.25) is 4.79 Å². The van der Waals surface area contributed by atoms with Crippen molar-refractivity contribution in [3.8, 4) is 0 Å². The highest BCUT2D eigenvalue weighted by atomic mass is 28.3. The largest absolute Gasteiger partial charge is 0.364 e. The number of amides is 1. The summed E-state index contributed by atoms with van der Waals surface area (Å²) in [6.07, 6.45) is 0. The predicted octanol–water partition coefficient (Wildman–Crippen LogP) is 1.61. The van der Waals surface area contributed by atoms with Crippen molar-refractivity contribution in [2.45, 2.75) is 32.7 Å². The molecule has 1 heterocycles. The Kier molecular flexibility index (Phi) is 4.59. The highest BCUT2D eigenvalue weighted by molar-refractivity contribution is 6.88. The molecule has 1 amide bonds. The molecule has 1 aromatic carbocycles. The summed E-state index contributed by atoms with van der Waals surface area (Å²) in [5.74, 6) is 0.0259. The normalized spacial score (nSPS) is 11.6. The van der Waals surface area contributed by atoms with Crippen molar-refractivity contribution in [3.05, 3.63) is 47.3 Å². The zero-order valence-electron chi connectivity index (χ0n) is 12.6. The summed E-state index contributed by atoms with van der Waals surface area (Å²) in [7, 11) is -1.28. The van der Waals surface area contributed by atoms with Gasteiger partial charge in [0.25, 0.3) is 5.91 Å². The van der Waals surface area contributed by atoms with Gasteiger partial charge in [0.1, 0.15) is 0 Å². The van der Waals surface area contributed by atoms with E-state index in [1.165, 1.54) is 10.8 Å². The molecule has 0 saturated carbocycles.